The quantitative estimate of drug-likeness (QED) is 0.233. The summed E-state index contributed by atoms with van der Waals surface area (Å²) in [5.41, 5.74) is 4.64. The summed E-state index contributed by atoms with van der Waals surface area (Å²) in [6, 6.07) is 14.9. The van der Waals surface area contributed by atoms with E-state index in [1.54, 1.807) is 0 Å². The highest BCUT2D eigenvalue weighted by atomic mass is 16.5. The van der Waals surface area contributed by atoms with Gasteiger partial charge in [-0.25, -0.2) is 0 Å². The Kier molecular flexibility index (Phi) is 10.1. The summed E-state index contributed by atoms with van der Waals surface area (Å²) in [6.07, 6.45) is 10.4. The van der Waals surface area contributed by atoms with Crippen molar-refractivity contribution >= 4 is 16.8 Å². The normalized spacial score (nSPS) is 11.2. The van der Waals surface area contributed by atoms with Crippen LogP contribution < -0.4 is 4.74 Å². The third-order valence-corrected chi connectivity index (χ3v) is 6.65. The minimum Gasteiger partial charge on any atom is -0.494 e. The molecule has 0 aliphatic carbocycles. The van der Waals surface area contributed by atoms with Crippen molar-refractivity contribution in [2.75, 3.05) is 19.7 Å². The molecule has 0 spiro atoms. The number of carbonyl (C=O) groups is 1. The van der Waals surface area contributed by atoms with Crippen LogP contribution in [0.15, 0.2) is 48.7 Å². The Morgan fingerprint density at radius 1 is 0.882 bits per heavy atom. The molecule has 1 amide bonds. The molecule has 0 saturated heterocycles. The molecule has 1 heterocycles. The Balaban J connectivity index is 1.90. The fourth-order valence-corrected chi connectivity index (χ4v) is 4.72. The number of unbranched alkanes of at least 4 members (excludes halogenated alkanes) is 5. The largest absolute Gasteiger partial charge is 0.494 e. The highest BCUT2D eigenvalue weighted by molar-refractivity contribution is 5.92. The molecule has 34 heavy (non-hydrogen) atoms. The number of hydrogen-bond acceptors (Lipinski definition) is 2. The number of nitrogens with zero attached hydrogens (tertiary/aromatic N) is 2. The zero-order valence-electron chi connectivity index (χ0n) is 21.6. The van der Waals surface area contributed by atoms with Crippen LogP contribution in [0.4, 0.5) is 0 Å². The smallest absolute Gasteiger partial charge is 0.227 e. The van der Waals surface area contributed by atoms with Crippen LogP contribution in [0.1, 0.15) is 71.8 Å². The molecule has 0 aliphatic rings. The zero-order chi connectivity index (χ0) is 24.3. The first-order valence-corrected chi connectivity index (χ1v) is 13.2. The number of amides is 1. The molecule has 4 nitrogen and oxygen atoms in total. The number of aryl methyl sites for hydroxylation is 1. The van der Waals surface area contributed by atoms with Crippen LogP contribution in [-0.2, 0) is 17.8 Å². The standard InChI is InChI=1S/C30H42N2O2/c1-5-9-10-11-12-13-19-32-23-26(22-30(33)31(6-2)7-3)28-21-25(17-18-29(28)32)24-15-14-16-27(20-24)34-8-4/h14-18,20-21,23H,5-13,19,22H2,1-4H3. The van der Waals surface area contributed by atoms with E-state index in [0.717, 1.165) is 42.1 Å². The first-order valence-electron chi connectivity index (χ1n) is 13.2. The van der Waals surface area contributed by atoms with Gasteiger partial charge in [-0.15, -0.1) is 0 Å². The maximum atomic E-state index is 13.0. The fourth-order valence-electron chi connectivity index (χ4n) is 4.72. The number of ether oxygens (including phenoxy) is 1. The summed E-state index contributed by atoms with van der Waals surface area (Å²) >= 11 is 0. The third kappa shape index (κ3) is 6.65. The Bertz CT molecular complexity index is 1050. The molecule has 0 radical (unpaired) electrons. The van der Waals surface area contributed by atoms with E-state index in [1.165, 1.54) is 49.4 Å². The fraction of sp³-hybridized carbons (Fsp3) is 0.500. The molecule has 1 aromatic heterocycles. The van der Waals surface area contributed by atoms with E-state index >= 15 is 0 Å². The van der Waals surface area contributed by atoms with Crippen LogP contribution in [0.2, 0.25) is 0 Å². The van der Waals surface area contributed by atoms with Gasteiger partial charge in [-0.3, -0.25) is 4.79 Å². The van der Waals surface area contributed by atoms with Crippen LogP contribution in [0.3, 0.4) is 0 Å². The molecule has 4 heteroatoms. The van der Waals surface area contributed by atoms with E-state index in [9.17, 15) is 4.79 Å². The average Bonchev–Trinajstić information content (AvgIpc) is 3.19. The van der Waals surface area contributed by atoms with Crippen LogP contribution in [0, 0.1) is 0 Å². The van der Waals surface area contributed by atoms with Crippen molar-refractivity contribution in [2.45, 2.75) is 79.2 Å². The molecule has 0 fully saturated rings. The molecule has 3 aromatic rings. The van der Waals surface area contributed by atoms with Crippen molar-refractivity contribution in [3.63, 3.8) is 0 Å². The maximum Gasteiger partial charge on any atom is 0.227 e. The van der Waals surface area contributed by atoms with E-state index in [4.69, 9.17) is 4.74 Å². The topological polar surface area (TPSA) is 34.5 Å². The lowest BCUT2D eigenvalue weighted by Crippen LogP contribution is -2.31. The van der Waals surface area contributed by atoms with Crippen LogP contribution >= 0.6 is 0 Å². The molecule has 0 saturated carbocycles. The van der Waals surface area contributed by atoms with Gasteiger partial charge in [0.1, 0.15) is 5.75 Å². The van der Waals surface area contributed by atoms with Gasteiger partial charge in [0, 0.05) is 36.7 Å². The van der Waals surface area contributed by atoms with Crippen LogP contribution in [0.25, 0.3) is 22.0 Å². The lowest BCUT2D eigenvalue weighted by atomic mass is 10.0. The van der Waals surface area contributed by atoms with E-state index in [2.05, 4.69) is 48.0 Å². The molecule has 0 atom stereocenters. The summed E-state index contributed by atoms with van der Waals surface area (Å²) in [5, 5.41) is 1.19. The minimum atomic E-state index is 0.201. The van der Waals surface area contributed by atoms with Gasteiger partial charge >= 0.3 is 0 Å². The predicted molar refractivity (Wildman–Crippen MR) is 144 cm³/mol. The van der Waals surface area contributed by atoms with Gasteiger partial charge in [0.25, 0.3) is 0 Å². The predicted octanol–water partition coefficient (Wildman–Crippen LogP) is 7.48. The summed E-state index contributed by atoms with van der Waals surface area (Å²) in [7, 11) is 0. The third-order valence-electron chi connectivity index (χ3n) is 6.65. The lowest BCUT2D eigenvalue weighted by molar-refractivity contribution is -0.130. The van der Waals surface area contributed by atoms with Gasteiger partial charge < -0.3 is 14.2 Å². The van der Waals surface area contributed by atoms with Crippen LogP contribution in [0.5, 0.6) is 5.75 Å². The number of aromatic nitrogens is 1. The number of benzene rings is 2. The second-order valence-electron chi connectivity index (χ2n) is 9.05. The molecule has 184 valence electrons. The first kappa shape index (κ1) is 25.9. The van der Waals surface area contributed by atoms with E-state index in [0.29, 0.717) is 13.0 Å². The summed E-state index contributed by atoms with van der Waals surface area (Å²) in [6.45, 7) is 11.5. The van der Waals surface area contributed by atoms with Crippen molar-refractivity contribution in [3.8, 4) is 16.9 Å². The molecule has 0 unspecified atom stereocenters. The van der Waals surface area contributed by atoms with Crippen LogP contribution in [-0.4, -0.2) is 35.1 Å². The zero-order valence-corrected chi connectivity index (χ0v) is 21.6. The average molecular weight is 463 g/mol. The van der Waals surface area contributed by atoms with Crippen molar-refractivity contribution in [3.05, 3.63) is 54.2 Å². The van der Waals surface area contributed by atoms with Crippen molar-refractivity contribution < 1.29 is 9.53 Å². The molecule has 0 aliphatic heterocycles. The number of rotatable bonds is 14. The van der Waals surface area contributed by atoms with Gasteiger partial charge in [0.15, 0.2) is 0 Å². The van der Waals surface area contributed by atoms with Crippen molar-refractivity contribution in [1.82, 2.24) is 9.47 Å². The lowest BCUT2D eigenvalue weighted by Gasteiger charge is -2.18. The monoisotopic (exact) mass is 462 g/mol. The molecule has 3 rings (SSSR count). The Labute approximate surface area is 205 Å². The first-order chi connectivity index (χ1) is 16.6. The summed E-state index contributed by atoms with van der Waals surface area (Å²) < 4.78 is 8.07. The van der Waals surface area contributed by atoms with E-state index in [-0.39, 0.29) is 5.91 Å². The number of likely N-dealkylation sites (N-methyl/N-ethyl adjacent to an activating group) is 1. The second-order valence-corrected chi connectivity index (χ2v) is 9.05. The molecule has 2 aromatic carbocycles. The van der Waals surface area contributed by atoms with Gasteiger partial charge in [-0.05, 0) is 68.1 Å². The van der Waals surface area contributed by atoms with Gasteiger partial charge in [-0.2, -0.15) is 0 Å². The Morgan fingerprint density at radius 2 is 1.62 bits per heavy atom. The molecular formula is C30H42N2O2. The van der Waals surface area contributed by atoms with Gasteiger partial charge in [0.2, 0.25) is 5.91 Å². The van der Waals surface area contributed by atoms with Crippen molar-refractivity contribution in [2.24, 2.45) is 0 Å². The van der Waals surface area contributed by atoms with Crippen molar-refractivity contribution in [1.29, 1.82) is 0 Å². The summed E-state index contributed by atoms with van der Waals surface area (Å²) in [5.74, 6) is 1.09. The van der Waals surface area contributed by atoms with E-state index in [1.807, 2.05) is 37.8 Å². The van der Waals surface area contributed by atoms with Gasteiger partial charge in [0.05, 0.1) is 13.0 Å². The SMILES string of the molecule is CCCCCCCCn1cc(CC(=O)N(CC)CC)c2cc(-c3cccc(OCC)c3)ccc21. The minimum absolute atomic E-state index is 0.201. The Hall–Kier alpha value is -2.75. The highest BCUT2D eigenvalue weighted by Crippen LogP contribution is 2.31. The number of carbonyl (C=O) groups excluding carboxylic acids is 1. The maximum absolute atomic E-state index is 13.0. The van der Waals surface area contributed by atoms with E-state index < -0.39 is 0 Å². The highest BCUT2D eigenvalue weighted by Gasteiger charge is 2.16. The molecule has 0 bridgehead atoms. The summed E-state index contributed by atoms with van der Waals surface area (Å²) in [4.78, 5) is 14.9. The number of fused-ring (bicyclic) bond motifs is 1. The molecule has 0 N–H and O–H groups in total. The second kappa shape index (κ2) is 13.2. The molecular weight excluding hydrogens is 420 g/mol. The number of hydrogen-bond donors (Lipinski definition) is 0. The van der Waals surface area contributed by atoms with Gasteiger partial charge in [-0.1, -0.05) is 57.2 Å². The Morgan fingerprint density at radius 3 is 2.35 bits per heavy atom.